The predicted octanol–water partition coefficient (Wildman–Crippen LogP) is 1.67. The van der Waals surface area contributed by atoms with Crippen molar-refractivity contribution in [1.82, 2.24) is 5.32 Å². The molecular formula is C13H19NO2. The molecule has 1 heterocycles. The number of rotatable bonds is 3. The zero-order chi connectivity index (χ0) is 11.4. The van der Waals surface area contributed by atoms with Crippen molar-refractivity contribution in [1.29, 1.82) is 0 Å². The first kappa shape index (κ1) is 11.4. The largest absolute Gasteiger partial charge is 0.490 e. The standard InChI is InChI=1S/C13H19NO2/c1-10-4-3-5-11(2)13(10)16-9-12-8-14-6-7-15-12/h3-5,12,14H,6-9H2,1-2H3/t12-/m1/s1. The average molecular weight is 221 g/mol. The van der Waals surface area contributed by atoms with Gasteiger partial charge in [0, 0.05) is 13.1 Å². The predicted molar refractivity (Wildman–Crippen MR) is 64.0 cm³/mol. The molecule has 2 rings (SSSR count). The minimum atomic E-state index is 0.174. The molecule has 3 heteroatoms. The van der Waals surface area contributed by atoms with Crippen LogP contribution in [-0.4, -0.2) is 32.4 Å². The maximum atomic E-state index is 5.84. The fraction of sp³-hybridized carbons (Fsp3) is 0.538. The minimum Gasteiger partial charge on any atom is -0.490 e. The monoisotopic (exact) mass is 221 g/mol. The fourth-order valence-electron chi connectivity index (χ4n) is 1.93. The number of nitrogens with one attached hydrogen (secondary N) is 1. The second-order valence-electron chi connectivity index (χ2n) is 4.23. The number of ether oxygens (including phenoxy) is 2. The molecule has 1 N–H and O–H groups in total. The molecule has 3 nitrogen and oxygen atoms in total. The van der Waals surface area contributed by atoms with Crippen LogP contribution < -0.4 is 10.1 Å². The van der Waals surface area contributed by atoms with E-state index >= 15 is 0 Å². The molecule has 1 fully saturated rings. The third-order valence-corrected chi connectivity index (χ3v) is 2.83. The van der Waals surface area contributed by atoms with Crippen LogP contribution in [0, 0.1) is 13.8 Å². The molecule has 0 bridgehead atoms. The third kappa shape index (κ3) is 2.74. The summed E-state index contributed by atoms with van der Waals surface area (Å²) in [4.78, 5) is 0. The van der Waals surface area contributed by atoms with Gasteiger partial charge in [0.15, 0.2) is 0 Å². The number of para-hydroxylation sites is 1. The lowest BCUT2D eigenvalue weighted by atomic mass is 10.1. The van der Waals surface area contributed by atoms with E-state index in [1.807, 2.05) is 0 Å². The van der Waals surface area contributed by atoms with E-state index in [1.165, 1.54) is 11.1 Å². The molecule has 1 saturated heterocycles. The molecule has 0 radical (unpaired) electrons. The Morgan fingerprint density at radius 1 is 1.38 bits per heavy atom. The molecule has 1 aliphatic heterocycles. The summed E-state index contributed by atoms with van der Waals surface area (Å²) >= 11 is 0. The molecule has 0 saturated carbocycles. The van der Waals surface area contributed by atoms with Crippen molar-refractivity contribution in [2.45, 2.75) is 20.0 Å². The molecular weight excluding hydrogens is 202 g/mol. The highest BCUT2D eigenvalue weighted by atomic mass is 16.5. The topological polar surface area (TPSA) is 30.5 Å². The zero-order valence-corrected chi connectivity index (χ0v) is 9.95. The quantitative estimate of drug-likeness (QED) is 0.842. The van der Waals surface area contributed by atoms with Gasteiger partial charge in [-0.2, -0.15) is 0 Å². The Balaban J connectivity index is 1.93. The van der Waals surface area contributed by atoms with Crippen LogP contribution >= 0.6 is 0 Å². The summed E-state index contributed by atoms with van der Waals surface area (Å²) in [6.07, 6.45) is 0.174. The van der Waals surface area contributed by atoms with E-state index in [0.717, 1.165) is 25.4 Å². The van der Waals surface area contributed by atoms with Gasteiger partial charge in [-0.3, -0.25) is 0 Å². The Bertz CT molecular complexity index is 326. The molecule has 0 aliphatic carbocycles. The Morgan fingerprint density at radius 3 is 2.75 bits per heavy atom. The van der Waals surface area contributed by atoms with Crippen LogP contribution in [0.1, 0.15) is 11.1 Å². The van der Waals surface area contributed by atoms with Crippen LogP contribution in [0.3, 0.4) is 0 Å². The molecule has 16 heavy (non-hydrogen) atoms. The second-order valence-corrected chi connectivity index (χ2v) is 4.23. The molecule has 88 valence electrons. The Hall–Kier alpha value is -1.06. The maximum absolute atomic E-state index is 5.84. The number of hydrogen-bond donors (Lipinski definition) is 1. The van der Waals surface area contributed by atoms with Gasteiger partial charge in [-0.1, -0.05) is 18.2 Å². The number of morpholine rings is 1. The molecule has 1 aliphatic rings. The van der Waals surface area contributed by atoms with E-state index in [4.69, 9.17) is 9.47 Å². The molecule has 0 aromatic heterocycles. The minimum absolute atomic E-state index is 0.174. The highest BCUT2D eigenvalue weighted by Gasteiger charge is 2.14. The van der Waals surface area contributed by atoms with E-state index in [1.54, 1.807) is 0 Å². The van der Waals surface area contributed by atoms with Crippen molar-refractivity contribution in [2.24, 2.45) is 0 Å². The van der Waals surface area contributed by atoms with E-state index in [9.17, 15) is 0 Å². The lowest BCUT2D eigenvalue weighted by Crippen LogP contribution is -2.41. The summed E-state index contributed by atoms with van der Waals surface area (Å²) in [6.45, 7) is 7.37. The molecule has 1 aromatic carbocycles. The summed E-state index contributed by atoms with van der Waals surface area (Å²) in [7, 11) is 0. The maximum Gasteiger partial charge on any atom is 0.125 e. The Morgan fingerprint density at radius 2 is 2.12 bits per heavy atom. The van der Waals surface area contributed by atoms with E-state index in [-0.39, 0.29) is 6.10 Å². The van der Waals surface area contributed by atoms with Gasteiger partial charge in [0.05, 0.1) is 6.61 Å². The van der Waals surface area contributed by atoms with Crippen molar-refractivity contribution < 1.29 is 9.47 Å². The van der Waals surface area contributed by atoms with Gasteiger partial charge in [-0.05, 0) is 25.0 Å². The average Bonchev–Trinajstić information content (AvgIpc) is 2.30. The Labute approximate surface area is 96.8 Å². The van der Waals surface area contributed by atoms with E-state index in [0.29, 0.717) is 6.61 Å². The molecule has 0 spiro atoms. The van der Waals surface area contributed by atoms with Gasteiger partial charge in [0.25, 0.3) is 0 Å². The van der Waals surface area contributed by atoms with E-state index in [2.05, 4.69) is 37.4 Å². The van der Waals surface area contributed by atoms with Crippen LogP contribution in [-0.2, 0) is 4.74 Å². The van der Waals surface area contributed by atoms with Gasteiger partial charge in [0.2, 0.25) is 0 Å². The third-order valence-electron chi connectivity index (χ3n) is 2.83. The SMILES string of the molecule is Cc1cccc(C)c1OC[C@H]1CNCCO1. The number of aryl methyl sites for hydroxylation is 2. The fourth-order valence-corrected chi connectivity index (χ4v) is 1.93. The smallest absolute Gasteiger partial charge is 0.125 e. The normalized spacial score (nSPS) is 20.8. The summed E-state index contributed by atoms with van der Waals surface area (Å²) in [6, 6.07) is 6.20. The van der Waals surface area contributed by atoms with E-state index < -0.39 is 0 Å². The van der Waals surface area contributed by atoms with Crippen molar-refractivity contribution in [3.63, 3.8) is 0 Å². The molecule has 1 atom stereocenters. The zero-order valence-electron chi connectivity index (χ0n) is 9.95. The van der Waals surface area contributed by atoms with Crippen LogP contribution in [0.25, 0.3) is 0 Å². The second kappa shape index (κ2) is 5.32. The van der Waals surface area contributed by atoms with Gasteiger partial charge in [-0.15, -0.1) is 0 Å². The van der Waals surface area contributed by atoms with Crippen LogP contribution in [0.5, 0.6) is 5.75 Å². The summed E-state index contributed by atoms with van der Waals surface area (Å²) in [5.74, 6) is 0.997. The summed E-state index contributed by atoms with van der Waals surface area (Å²) < 4.78 is 11.4. The highest BCUT2D eigenvalue weighted by Crippen LogP contribution is 2.22. The first-order chi connectivity index (χ1) is 7.77. The lowest BCUT2D eigenvalue weighted by Gasteiger charge is -2.24. The number of benzene rings is 1. The summed E-state index contributed by atoms with van der Waals surface area (Å²) in [5.41, 5.74) is 2.37. The number of hydrogen-bond acceptors (Lipinski definition) is 3. The van der Waals surface area contributed by atoms with Gasteiger partial charge in [0.1, 0.15) is 18.5 Å². The van der Waals surface area contributed by atoms with Crippen LogP contribution in [0.4, 0.5) is 0 Å². The molecule has 0 amide bonds. The van der Waals surface area contributed by atoms with Gasteiger partial charge >= 0.3 is 0 Å². The first-order valence-electron chi connectivity index (χ1n) is 5.78. The van der Waals surface area contributed by atoms with Gasteiger partial charge in [-0.25, -0.2) is 0 Å². The highest BCUT2D eigenvalue weighted by molar-refractivity contribution is 5.39. The van der Waals surface area contributed by atoms with Gasteiger partial charge < -0.3 is 14.8 Å². The first-order valence-corrected chi connectivity index (χ1v) is 5.78. The molecule has 0 unspecified atom stereocenters. The van der Waals surface area contributed by atoms with Crippen molar-refractivity contribution in [3.8, 4) is 5.75 Å². The Kier molecular flexibility index (Phi) is 3.80. The van der Waals surface area contributed by atoms with Crippen molar-refractivity contribution >= 4 is 0 Å². The van der Waals surface area contributed by atoms with Crippen LogP contribution in [0.2, 0.25) is 0 Å². The van der Waals surface area contributed by atoms with Crippen molar-refractivity contribution in [3.05, 3.63) is 29.3 Å². The molecule has 1 aromatic rings. The lowest BCUT2D eigenvalue weighted by molar-refractivity contribution is -0.0000628. The van der Waals surface area contributed by atoms with Crippen molar-refractivity contribution in [2.75, 3.05) is 26.3 Å². The summed E-state index contributed by atoms with van der Waals surface area (Å²) in [5, 5.41) is 3.30. The van der Waals surface area contributed by atoms with Crippen LogP contribution in [0.15, 0.2) is 18.2 Å².